The van der Waals surface area contributed by atoms with Crippen molar-refractivity contribution >= 4 is 5.97 Å². The number of methoxy groups -OCH3 is 3. The van der Waals surface area contributed by atoms with Gasteiger partial charge in [0.25, 0.3) is 0 Å². The molecule has 0 radical (unpaired) electrons. The Morgan fingerprint density at radius 1 is 1.10 bits per heavy atom. The molecule has 0 saturated carbocycles. The van der Waals surface area contributed by atoms with Crippen LogP contribution in [-0.4, -0.2) is 77.1 Å². The second kappa shape index (κ2) is 11.9. The number of hydrogen-bond donors (Lipinski definition) is 1. The molecule has 0 spiro atoms. The molecule has 0 aliphatic heterocycles. The highest BCUT2D eigenvalue weighted by Gasteiger charge is 2.33. The van der Waals surface area contributed by atoms with Crippen LogP contribution in [0.4, 0.5) is 0 Å². The Kier molecular flexibility index (Phi) is 11.5. The molecular formula is C15H32N2O4. The van der Waals surface area contributed by atoms with Crippen molar-refractivity contribution in [3.8, 4) is 0 Å². The zero-order chi connectivity index (χ0) is 16.1. The van der Waals surface area contributed by atoms with E-state index in [4.69, 9.17) is 14.2 Å². The van der Waals surface area contributed by atoms with E-state index in [9.17, 15) is 4.79 Å². The lowest BCUT2D eigenvalue weighted by Gasteiger charge is -2.31. The number of hydrogen-bond acceptors (Lipinski definition) is 6. The molecule has 0 saturated heterocycles. The first-order chi connectivity index (χ1) is 10.0. The van der Waals surface area contributed by atoms with Gasteiger partial charge in [-0.3, -0.25) is 9.69 Å². The highest BCUT2D eigenvalue weighted by atomic mass is 16.5. The number of nitrogens with one attached hydrogen (secondary N) is 1. The summed E-state index contributed by atoms with van der Waals surface area (Å²) in [6.45, 7) is 8.54. The Morgan fingerprint density at radius 3 is 2.10 bits per heavy atom. The second-order valence-electron chi connectivity index (χ2n) is 5.33. The van der Waals surface area contributed by atoms with Gasteiger partial charge >= 0.3 is 5.97 Å². The molecule has 21 heavy (non-hydrogen) atoms. The topological polar surface area (TPSA) is 60.0 Å². The van der Waals surface area contributed by atoms with Gasteiger partial charge in [-0.15, -0.1) is 0 Å². The average Bonchev–Trinajstić information content (AvgIpc) is 2.51. The maximum Gasteiger partial charge on any atom is 0.325 e. The van der Waals surface area contributed by atoms with Gasteiger partial charge in [-0.1, -0.05) is 6.92 Å². The summed E-state index contributed by atoms with van der Waals surface area (Å²) in [5.41, 5.74) is -0.650. The Balaban J connectivity index is 4.53. The quantitative estimate of drug-likeness (QED) is 0.510. The molecule has 1 unspecified atom stereocenters. The molecule has 6 nitrogen and oxygen atoms in total. The molecule has 0 aromatic carbocycles. The summed E-state index contributed by atoms with van der Waals surface area (Å²) in [5, 5.41) is 3.30. The van der Waals surface area contributed by atoms with E-state index in [0.29, 0.717) is 19.6 Å². The highest BCUT2D eigenvalue weighted by Crippen LogP contribution is 2.13. The first kappa shape index (κ1) is 20.3. The van der Waals surface area contributed by atoms with Crippen LogP contribution in [0.2, 0.25) is 0 Å². The van der Waals surface area contributed by atoms with Crippen molar-refractivity contribution in [3.63, 3.8) is 0 Å². The Bertz CT molecular complexity index is 268. The fourth-order valence-electron chi connectivity index (χ4n) is 2.05. The minimum atomic E-state index is -0.650. The zero-order valence-electron chi connectivity index (χ0n) is 14.2. The summed E-state index contributed by atoms with van der Waals surface area (Å²) in [7, 11) is 4.81. The summed E-state index contributed by atoms with van der Waals surface area (Å²) in [5.74, 6) is -0.214. The molecule has 126 valence electrons. The summed E-state index contributed by atoms with van der Waals surface area (Å²) < 4.78 is 15.2. The van der Waals surface area contributed by atoms with Crippen LogP contribution in [0.25, 0.3) is 0 Å². The Hall–Kier alpha value is -0.690. The molecule has 0 rings (SSSR count). The van der Waals surface area contributed by atoms with E-state index in [1.54, 1.807) is 14.2 Å². The molecule has 0 aromatic rings. The van der Waals surface area contributed by atoms with Crippen molar-refractivity contribution < 1.29 is 19.0 Å². The van der Waals surface area contributed by atoms with Crippen LogP contribution in [0.5, 0.6) is 0 Å². The standard InChI is InChI=1S/C15H32N2O4/c1-6-8-16-15(2,14(18)21-5)7-9-17(10-12-19-3)11-13-20-4/h16H,6-13H2,1-5H3. The molecule has 1 atom stereocenters. The monoisotopic (exact) mass is 304 g/mol. The summed E-state index contributed by atoms with van der Waals surface area (Å²) in [6.07, 6.45) is 1.66. The summed E-state index contributed by atoms with van der Waals surface area (Å²) in [4.78, 5) is 14.3. The third kappa shape index (κ3) is 8.36. The van der Waals surface area contributed by atoms with E-state index >= 15 is 0 Å². The molecule has 0 aromatic heterocycles. The van der Waals surface area contributed by atoms with Crippen LogP contribution in [-0.2, 0) is 19.0 Å². The number of carbonyl (C=O) groups is 1. The molecule has 1 N–H and O–H groups in total. The van der Waals surface area contributed by atoms with Gasteiger partial charge in [0.1, 0.15) is 5.54 Å². The molecule has 6 heteroatoms. The van der Waals surface area contributed by atoms with Crippen LogP contribution in [0.15, 0.2) is 0 Å². The first-order valence-corrected chi connectivity index (χ1v) is 7.57. The first-order valence-electron chi connectivity index (χ1n) is 7.57. The SMILES string of the molecule is CCCNC(C)(CCN(CCOC)CCOC)C(=O)OC. The smallest absolute Gasteiger partial charge is 0.325 e. The number of nitrogens with zero attached hydrogens (tertiary/aromatic N) is 1. The van der Waals surface area contributed by atoms with Crippen LogP contribution < -0.4 is 5.32 Å². The van der Waals surface area contributed by atoms with E-state index in [0.717, 1.165) is 32.6 Å². The van der Waals surface area contributed by atoms with Crippen LogP contribution >= 0.6 is 0 Å². The van der Waals surface area contributed by atoms with Crippen molar-refractivity contribution in [3.05, 3.63) is 0 Å². The fraction of sp³-hybridized carbons (Fsp3) is 0.933. The van der Waals surface area contributed by atoms with E-state index in [1.807, 2.05) is 6.92 Å². The lowest BCUT2D eigenvalue weighted by molar-refractivity contribution is -0.148. The number of carbonyl (C=O) groups excluding carboxylic acids is 1. The molecule has 0 fully saturated rings. The van der Waals surface area contributed by atoms with Crippen molar-refractivity contribution in [2.75, 3.05) is 60.7 Å². The largest absolute Gasteiger partial charge is 0.468 e. The predicted molar refractivity (Wildman–Crippen MR) is 83.5 cm³/mol. The molecular weight excluding hydrogens is 272 g/mol. The average molecular weight is 304 g/mol. The van der Waals surface area contributed by atoms with Crippen LogP contribution in [0.3, 0.4) is 0 Å². The van der Waals surface area contributed by atoms with Gasteiger partial charge in [0.15, 0.2) is 0 Å². The van der Waals surface area contributed by atoms with Gasteiger partial charge in [0.05, 0.1) is 20.3 Å². The fourth-order valence-corrected chi connectivity index (χ4v) is 2.05. The summed E-state index contributed by atoms with van der Waals surface area (Å²) in [6, 6.07) is 0. The summed E-state index contributed by atoms with van der Waals surface area (Å²) >= 11 is 0. The Labute approximate surface area is 129 Å². The lowest BCUT2D eigenvalue weighted by atomic mass is 9.97. The molecule has 0 aliphatic rings. The third-order valence-corrected chi connectivity index (χ3v) is 3.55. The number of ether oxygens (including phenoxy) is 3. The maximum absolute atomic E-state index is 12.0. The zero-order valence-corrected chi connectivity index (χ0v) is 14.2. The number of rotatable bonds is 13. The van der Waals surface area contributed by atoms with Crippen LogP contribution in [0, 0.1) is 0 Å². The van der Waals surface area contributed by atoms with E-state index < -0.39 is 5.54 Å². The van der Waals surface area contributed by atoms with Gasteiger partial charge in [0.2, 0.25) is 0 Å². The van der Waals surface area contributed by atoms with Gasteiger partial charge in [-0.25, -0.2) is 0 Å². The lowest BCUT2D eigenvalue weighted by Crippen LogP contribution is -2.52. The van der Waals surface area contributed by atoms with Crippen molar-refractivity contribution in [1.29, 1.82) is 0 Å². The third-order valence-electron chi connectivity index (χ3n) is 3.55. The molecule has 0 amide bonds. The van der Waals surface area contributed by atoms with Crippen LogP contribution in [0.1, 0.15) is 26.7 Å². The number of esters is 1. The van der Waals surface area contributed by atoms with E-state index in [2.05, 4.69) is 17.1 Å². The molecule has 0 bridgehead atoms. The van der Waals surface area contributed by atoms with Gasteiger partial charge in [0, 0.05) is 33.9 Å². The molecule has 0 aliphatic carbocycles. The second-order valence-corrected chi connectivity index (χ2v) is 5.33. The maximum atomic E-state index is 12.0. The van der Waals surface area contributed by atoms with E-state index in [1.165, 1.54) is 7.11 Å². The van der Waals surface area contributed by atoms with Gasteiger partial charge < -0.3 is 19.5 Å². The molecule has 0 heterocycles. The Morgan fingerprint density at radius 2 is 1.67 bits per heavy atom. The predicted octanol–water partition coefficient (Wildman–Crippen LogP) is 0.903. The van der Waals surface area contributed by atoms with Gasteiger partial charge in [-0.05, 0) is 26.3 Å². The normalized spacial score (nSPS) is 14.2. The van der Waals surface area contributed by atoms with Crippen molar-refractivity contribution in [2.24, 2.45) is 0 Å². The minimum absolute atomic E-state index is 0.214. The van der Waals surface area contributed by atoms with E-state index in [-0.39, 0.29) is 5.97 Å². The highest BCUT2D eigenvalue weighted by molar-refractivity contribution is 5.80. The van der Waals surface area contributed by atoms with Crippen molar-refractivity contribution in [1.82, 2.24) is 10.2 Å². The minimum Gasteiger partial charge on any atom is -0.468 e. The van der Waals surface area contributed by atoms with Gasteiger partial charge in [-0.2, -0.15) is 0 Å². The van der Waals surface area contributed by atoms with Crippen molar-refractivity contribution in [2.45, 2.75) is 32.2 Å².